The molecule has 3 aromatic heterocycles. The van der Waals surface area contributed by atoms with E-state index in [1.54, 1.807) is 21.3 Å². The number of fused-ring (bicyclic) bond motifs is 20. The highest BCUT2D eigenvalue weighted by molar-refractivity contribution is 6.60. The van der Waals surface area contributed by atoms with Gasteiger partial charge < -0.3 is 32.7 Å². The first-order chi connectivity index (χ1) is 34.3. The summed E-state index contributed by atoms with van der Waals surface area (Å²) in [5.74, 6) is 2.84. The van der Waals surface area contributed by atoms with Crippen molar-refractivity contribution in [2.24, 2.45) is 0 Å². The Morgan fingerprint density at radius 1 is 0.444 bits per heavy atom. The molecular weight excluding hydrogens is 917 g/mol. The number of aromatic amines is 2. The molecule has 2 N–H and O–H groups in total. The van der Waals surface area contributed by atoms with Gasteiger partial charge in [0.15, 0.2) is 23.3 Å². The van der Waals surface area contributed by atoms with E-state index in [4.69, 9.17) is 52.7 Å². The maximum Gasteiger partial charge on any atom is 0.500 e. The van der Waals surface area contributed by atoms with E-state index in [0.29, 0.717) is 77.5 Å². The lowest BCUT2D eigenvalue weighted by Crippen LogP contribution is -2.42. The van der Waals surface area contributed by atoms with Crippen molar-refractivity contribution in [2.75, 3.05) is 27.9 Å². The van der Waals surface area contributed by atoms with Gasteiger partial charge in [0.2, 0.25) is 0 Å². The SMILES string of the molecule is CO[Si](CCCOCc1ccccc1COc1ccc2c(c1)-c1nc-2nc2[nH]c(nc3nc(nc4[nH]c(n1)c1ccc(C(C)(C)C)cc41)-c1ccc(C(C)(C)C)cc1-3)c1ccc(C(C)(C)C)cc21)(OC)OC. The molecule has 0 saturated heterocycles. The molecule has 72 heavy (non-hydrogen) atoms. The highest BCUT2D eigenvalue weighted by atomic mass is 28.4. The zero-order valence-corrected chi connectivity index (χ0v) is 44.5. The first-order valence-corrected chi connectivity index (χ1v) is 26.6. The number of nitrogens with one attached hydrogen (secondary N) is 2. The fourth-order valence-corrected chi connectivity index (χ4v) is 11.1. The molecule has 0 fully saturated rings. The monoisotopic (exact) mass is 980 g/mol. The molecule has 2 aliphatic rings. The van der Waals surface area contributed by atoms with E-state index >= 15 is 0 Å². The van der Waals surface area contributed by atoms with Crippen LogP contribution >= 0.6 is 0 Å². The van der Waals surface area contributed by atoms with Crippen LogP contribution in [0.5, 0.6) is 5.75 Å². The normalized spacial score (nSPS) is 12.9. The molecule has 0 spiro atoms. The summed E-state index contributed by atoms with van der Waals surface area (Å²) in [5, 5.41) is 3.71. The molecular formula is C58H64N8O5Si. The van der Waals surface area contributed by atoms with Crippen LogP contribution in [0, 0.1) is 0 Å². The Kier molecular flexibility index (Phi) is 12.7. The third-order valence-electron chi connectivity index (χ3n) is 13.9. The summed E-state index contributed by atoms with van der Waals surface area (Å²) in [7, 11) is 2.22. The first-order valence-electron chi connectivity index (χ1n) is 24.7. The predicted molar refractivity (Wildman–Crippen MR) is 289 cm³/mol. The van der Waals surface area contributed by atoms with Gasteiger partial charge >= 0.3 is 8.80 Å². The minimum atomic E-state index is -2.67. The van der Waals surface area contributed by atoms with Crippen LogP contribution in [0.15, 0.2) is 97.1 Å². The highest BCUT2D eigenvalue weighted by Gasteiger charge is 2.37. The van der Waals surface area contributed by atoms with Crippen LogP contribution < -0.4 is 4.74 Å². The summed E-state index contributed by atoms with van der Waals surface area (Å²) in [6.07, 6.45) is 0.749. The standard InChI is InChI=1S/C58H64N8O5Si/c1-56(2,3)36-18-22-40-44(28-36)52-59-48(40)61-53-46-30-38(58(7,8)9)20-24-42(46)50(63-53)65-55-47-31-39(71-33-35-17-14-13-16-34(35)32-70-26-15-27-72(67-10,68-11)69-12)21-25-43(47)51(66-55)64-54-45-29-37(57(4,5)6)19-23-41(45)49(60-52)62-54/h13-14,16-25,28-31H,15,26-27,32-33H2,1-12H3,(H2,59,60,61,62,63,64,65,66). The van der Waals surface area contributed by atoms with Crippen LogP contribution in [0.25, 0.3) is 89.7 Å². The summed E-state index contributed by atoms with van der Waals surface area (Å²) in [5.41, 5.74) is 11.3. The maximum absolute atomic E-state index is 6.59. The molecule has 0 radical (unpaired) electrons. The molecule has 13 nitrogen and oxygen atoms in total. The van der Waals surface area contributed by atoms with Gasteiger partial charge in [-0.05, 0) is 86.9 Å². The van der Waals surface area contributed by atoms with Crippen molar-refractivity contribution in [2.45, 2.75) is 104 Å². The van der Waals surface area contributed by atoms with E-state index < -0.39 is 8.80 Å². The topological polar surface area (TPSA) is 155 Å². The summed E-state index contributed by atoms with van der Waals surface area (Å²) in [6.45, 7) is 21.3. The van der Waals surface area contributed by atoms with E-state index in [1.807, 2.05) is 30.3 Å². The summed E-state index contributed by atoms with van der Waals surface area (Å²) in [6, 6.07) is 34.4. The van der Waals surface area contributed by atoms with Crippen LogP contribution in [-0.4, -0.2) is 76.6 Å². The minimum absolute atomic E-state index is 0.0997. The van der Waals surface area contributed by atoms with Crippen molar-refractivity contribution in [1.82, 2.24) is 39.9 Å². The number of hydrogen-bond acceptors (Lipinski definition) is 11. The van der Waals surface area contributed by atoms with Crippen molar-refractivity contribution in [3.63, 3.8) is 0 Å². The van der Waals surface area contributed by atoms with Crippen LogP contribution in [0.2, 0.25) is 6.04 Å². The van der Waals surface area contributed by atoms with Crippen molar-refractivity contribution >= 4 is 52.9 Å². The molecule has 2 aliphatic heterocycles. The average molecular weight is 981 g/mol. The van der Waals surface area contributed by atoms with E-state index in [2.05, 4.69) is 139 Å². The average Bonchev–Trinajstić information content (AvgIpc) is 4.09. The van der Waals surface area contributed by atoms with E-state index in [9.17, 15) is 0 Å². The second-order valence-electron chi connectivity index (χ2n) is 21.9. The van der Waals surface area contributed by atoms with Crippen molar-refractivity contribution in [1.29, 1.82) is 0 Å². The summed E-state index contributed by atoms with van der Waals surface area (Å²) < 4.78 is 29.5. The molecule has 5 heterocycles. The van der Waals surface area contributed by atoms with Gasteiger partial charge in [-0.2, -0.15) is 0 Å². The van der Waals surface area contributed by atoms with Crippen molar-refractivity contribution < 1.29 is 22.8 Å². The Labute approximate surface area is 422 Å². The van der Waals surface area contributed by atoms with Gasteiger partial charge in [0, 0.05) is 77.8 Å². The zero-order valence-electron chi connectivity index (χ0n) is 43.5. The Morgan fingerprint density at radius 3 is 1.38 bits per heavy atom. The summed E-state index contributed by atoms with van der Waals surface area (Å²) >= 11 is 0. The minimum Gasteiger partial charge on any atom is -0.489 e. The van der Waals surface area contributed by atoms with Gasteiger partial charge in [0.1, 0.15) is 34.9 Å². The van der Waals surface area contributed by atoms with Crippen molar-refractivity contribution in [3.8, 4) is 51.3 Å². The number of ether oxygens (including phenoxy) is 2. The second kappa shape index (κ2) is 18.7. The van der Waals surface area contributed by atoms with Crippen molar-refractivity contribution in [3.05, 3.63) is 125 Å². The Balaban J connectivity index is 1.13. The molecule has 0 saturated carbocycles. The van der Waals surface area contributed by atoms with Gasteiger partial charge in [0.05, 0.1) is 6.61 Å². The Morgan fingerprint density at radius 2 is 0.875 bits per heavy atom. The molecule has 0 aliphatic carbocycles. The van der Waals surface area contributed by atoms with Gasteiger partial charge in [-0.1, -0.05) is 123 Å². The van der Waals surface area contributed by atoms with Gasteiger partial charge in [-0.25, -0.2) is 29.9 Å². The molecule has 0 amide bonds. The number of nitrogens with zero attached hydrogens (tertiary/aromatic N) is 6. The molecule has 5 aromatic carbocycles. The molecule has 8 bridgehead atoms. The van der Waals surface area contributed by atoms with Gasteiger partial charge in [-0.15, -0.1) is 0 Å². The van der Waals surface area contributed by atoms with Crippen LogP contribution in [0.1, 0.15) is 96.6 Å². The third kappa shape index (κ3) is 9.45. The quantitative estimate of drug-likeness (QED) is 0.0887. The number of rotatable bonds is 12. The van der Waals surface area contributed by atoms with Crippen LogP contribution in [0.3, 0.4) is 0 Å². The van der Waals surface area contributed by atoms with E-state index in [0.717, 1.165) is 61.3 Å². The lowest BCUT2D eigenvalue weighted by Gasteiger charge is -2.24. The Hall–Kier alpha value is -6.68. The molecule has 370 valence electrons. The predicted octanol–water partition coefficient (Wildman–Crippen LogP) is 13.1. The number of hydrogen-bond donors (Lipinski definition) is 2. The maximum atomic E-state index is 6.59. The Bertz CT molecular complexity index is 3530. The fourth-order valence-electron chi connectivity index (χ4n) is 9.39. The third-order valence-corrected chi connectivity index (χ3v) is 16.7. The number of benzene rings is 5. The smallest absolute Gasteiger partial charge is 0.489 e. The molecule has 14 heteroatoms. The lowest BCUT2D eigenvalue weighted by atomic mass is 9.85. The van der Waals surface area contributed by atoms with E-state index in [-0.39, 0.29) is 16.2 Å². The fraction of sp³-hybridized carbons (Fsp3) is 0.345. The largest absolute Gasteiger partial charge is 0.500 e. The zero-order chi connectivity index (χ0) is 50.7. The summed E-state index contributed by atoms with van der Waals surface area (Å²) in [4.78, 5) is 39.1. The number of aromatic nitrogens is 8. The molecule has 8 aromatic rings. The van der Waals surface area contributed by atoms with Gasteiger partial charge in [0.25, 0.3) is 0 Å². The highest BCUT2D eigenvalue weighted by Crippen LogP contribution is 2.41. The van der Waals surface area contributed by atoms with Gasteiger partial charge in [-0.3, -0.25) is 0 Å². The molecule has 0 unspecified atom stereocenters. The first kappa shape index (κ1) is 48.9. The van der Waals surface area contributed by atoms with E-state index in [1.165, 1.54) is 16.7 Å². The number of H-pyrrole nitrogens is 2. The lowest BCUT2D eigenvalue weighted by molar-refractivity contribution is 0.101. The molecule has 10 rings (SSSR count). The van der Waals surface area contributed by atoms with Crippen LogP contribution in [0.4, 0.5) is 0 Å². The second-order valence-corrected chi connectivity index (χ2v) is 24.9. The molecule has 0 atom stereocenters. The van der Waals surface area contributed by atoms with Crippen LogP contribution in [-0.2, 0) is 47.5 Å².